The van der Waals surface area contributed by atoms with Gasteiger partial charge in [0.1, 0.15) is 0 Å². The predicted molar refractivity (Wildman–Crippen MR) is 69.8 cm³/mol. The monoisotopic (exact) mass is 248 g/mol. The highest BCUT2D eigenvalue weighted by Crippen LogP contribution is 2.23. The van der Waals surface area contributed by atoms with Gasteiger partial charge in [-0.3, -0.25) is 4.79 Å². The highest BCUT2D eigenvalue weighted by atomic mass is 35.5. The molecule has 1 fully saturated rings. The molecule has 3 unspecified atom stereocenters. The Morgan fingerprint density at radius 1 is 1.38 bits per heavy atom. The van der Waals surface area contributed by atoms with Crippen molar-refractivity contribution < 1.29 is 4.79 Å². The van der Waals surface area contributed by atoms with Crippen LogP contribution in [0, 0.1) is 0 Å². The second kappa shape index (κ2) is 7.13. The van der Waals surface area contributed by atoms with Crippen LogP contribution in [-0.2, 0) is 4.79 Å². The molecule has 1 rings (SSSR count). The van der Waals surface area contributed by atoms with Gasteiger partial charge in [0.25, 0.3) is 0 Å². The lowest BCUT2D eigenvalue weighted by molar-refractivity contribution is -0.137. The molecule has 0 radical (unpaired) electrons. The molecule has 0 aromatic rings. The smallest absolute Gasteiger partial charge is 0.223 e. The molecule has 0 bridgehead atoms. The summed E-state index contributed by atoms with van der Waals surface area (Å²) in [6.45, 7) is 6.26. The minimum Gasteiger partial charge on any atom is -0.337 e. The molecule has 3 atom stereocenters. The Hall–Kier alpha value is -0.280. The summed E-state index contributed by atoms with van der Waals surface area (Å²) in [6.07, 6.45) is 4.95. The lowest BCUT2D eigenvalue weighted by Crippen LogP contribution is -2.47. The van der Waals surface area contributed by atoms with Gasteiger partial charge in [-0.25, -0.2) is 0 Å². The van der Waals surface area contributed by atoms with Crippen molar-refractivity contribution in [3.63, 3.8) is 0 Å². The summed E-state index contributed by atoms with van der Waals surface area (Å²) in [5.74, 6) is 0.284. The summed E-state index contributed by atoms with van der Waals surface area (Å²) < 4.78 is 0. The van der Waals surface area contributed by atoms with Crippen LogP contribution in [0.1, 0.15) is 52.9 Å². The summed E-state index contributed by atoms with van der Waals surface area (Å²) in [7, 11) is 0. The van der Waals surface area contributed by atoms with Crippen molar-refractivity contribution in [3.05, 3.63) is 0 Å². The van der Waals surface area contributed by atoms with Crippen LogP contribution in [0.3, 0.4) is 0 Å². The van der Waals surface area contributed by atoms with Crippen LogP contribution in [0.25, 0.3) is 0 Å². The number of hydrogen-bond acceptors (Lipinski definition) is 2. The lowest BCUT2D eigenvalue weighted by Gasteiger charge is -2.39. The van der Waals surface area contributed by atoms with Crippen molar-refractivity contribution in [1.29, 1.82) is 0 Å². The predicted octanol–water partition coefficient (Wildman–Crippen LogP) is 2.33. The minimum atomic E-state index is 0. The Kier molecular flexibility index (Phi) is 7.00. The van der Waals surface area contributed by atoms with E-state index in [0.29, 0.717) is 18.5 Å². The van der Waals surface area contributed by atoms with E-state index in [0.717, 1.165) is 19.3 Å². The fourth-order valence-corrected chi connectivity index (χ4v) is 2.39. The van der Waals surface area contributed by atoms with E-state index < -0.39 is 0 Å². The summed E-state index contributed by atoms with van der Waals surface area (Å²) in [6, 6.07) is 0.952. The molecular weight excluding hydrogens is 224 g/mol. The van der Waals surface area contributed by atoms with Gasteiger partial charge in [0.05, 0.1) is 0 Å². The fraction of sp³-hybridized carbons (Fsp3) is 0.917. The van der Waals surface area contributed by atoms with Crippen LogP contribution in [0.5, 0.6) is 0 Å². The lowest BCUT2D eigenvalue weighted by atomic mass is 9.96. The average molecular weight is 249 g/mol. The van der Waals surface area contributed by atoms with E-state index in [9.17, 15) is 4.79 Å². The van der Waals surface area contributed by atoms with Crippen molar-refractivity contribution >= 4 is 18.3 Å². The zero-order valence-electron chi connectivity index (χ0n) is 10.6. The van der Waals surface area contributed by atoms with Gasteiger partial charge in [0.2, 0.25) is 5.91 Å². The highest BCUT2D eigenvalue weighted by Gasteiger charge is 2.28. The molecule has 1 heterocycles. The molecule has 0 aromatic heterocycles. The maximum atomic E-state index is 12.0. The molecule has 16 heavy (non-hydrogen) atoms. The molecule has 2 N–H and O–H groups in total. The number of hydrogen-bond donors (Lipinski definition) is 1. The number of carbonyl (C=O) groups excluding carboxylic acids is 1. The molecule has 0 aromatic carbocycles. The van der Waals surface area contributed by atoms with E-state index in [4.69, 9.17) is 5.73 Å². The number of amides is 1. The molecular formula is C12H25ClN2O. The molecule has 1 saturated heterocycles. The first-order chi connectivity index (χ1) is 7.02. The summed E-state index contributed by atoms with van der Waals surface area (Å²) in [5, 5.41) is 0. The first kappa shape index (κ1) is 15.7. The van der Waals surface area contributed by atoms with Crippen molar-refractivity contribution in [3.8, 4) is 0 Å². The second-order valence-electron chi connectivity index (χ2n) is 4.95. The summed E-state index contributed by atoms with van der Waals surface area (Å²) >= 11 is 0. The van der Waals surface area contributed by atoms with Crippen LogP contribution in [-0.4, -0.2) is 28.9 Å². The number of halogens is 1. The molecule has 3 nitrogen and oxygen atoms in total. The minimum absolute atomic E-state index is 0. The van der Waals surface area contributed by atoms with Gasteiger partial charge in [-0.15, -0.1) is 12.4 Å². The Morgan fingerprint density at radius 3 is 2.31 bits per heavy atom. The van der Waals surface area contributed by atoms with Crippen molar-refractivity contribution in [2.24, 2.45) is 5.73 Å². The Labute approximate surface area is 105 Å². The molecule has 0 spiro atoms. The van der Waals surface area contributed by atoms with Crippen molar-refractivity contribution in [2.75, 3.05) is 0 Å². The van der Waals surface area contributed by atoms with E-state index in [2.05, 4.69) is 18.7 Å². The van der Waals surface area contributed by atoms with E-state index in [1.165, 1.54) is 6.42 Å². The zero-order chi connectivity index (χ0) is 11.4. The number of piperidine rings is 1. The molecule has 1 aliphatic heterocycles. The molecule has 4 heteroatoms. The van der Waals surface area contributed by atoms with Crippen molar-refractivity contribution in [2.45, 2.75) is 71.0 Å². The maximum Gasteiger partial charge on any atom is 0.223 e. The van der Waals surface area contributed by atoms with Crippen LogP contribution < -0.4 is 5.73 Å². The van der Waals surface area contributed by atoms with Gasteiger partial charge in [-0.05, 0) is 46.5 Å². The van der Waals surface area contributed by atoms with Gasteiger partial charge in [-0.1, -0.05) is 0 Å². The third-order valence-electron chi connectivity index (χ3n) is 3.30. The Bertz CT molecular complexity index is 211. The molecule has 0 saturated carbocycles. The standard InChI is InChI=1S/C12H24N2O.ClH/c1-9(13)7-8-12(15)14-10(2)5-4-6-11(14)3;/h9-11H,4-8,13H2,1-3H3;1H. The van der Waals surface area contributed by atoms with Gasteiger partial charge < -0.3 is 10.6 Å². The topological polar surface area (TPSA) is 46.3 Å². The van der Waals surface area contributed by atoms with Gasteiger partial charge in [0, 0.05) is 24.5 Å². The van der Waals surface area contributed by atoms with E-state index in [1.807, 2.05) is 6.92 Å². The fourth-order valence-electron chi connectivity index (χ4n) is 2.39. The quantitative estimate of drug-likeness (QED) is 0.833. The summed E-state index contributed by atoms with van der Waals surface area (Å²) in [5.41, 5.74) is 5.67. The third kappa shape index (κ3) is 4.30. The zero-order valence-corrected chi connectivity index (χ0v) is 11.4. The summed E-state index contributed by atoms with van der Waals surface area (Å²) in [4.78, 5) is 14.1. The van der Waals surface area contributed by atoms with Gasteiger partial charge >= 0.3 is 0 Å². The van der Waals surface area contributed by atoms with Gasteiger partial charge in [-0.2, -0.15) is 0 Å². The number of nitrogens with zero attached hydrogens (tertiary/aromatic N) is 1. The third-order valence-corrected chi connectivity index (χ3v) is 3.30. The first-order valence-corrected chi connectivity index (χ1v) is 6.09. The van der Waals surface area contributed by atoms with Crippen LogP contribution in [0.2, 0.25) is 0 Å². The number of nitrogens with two attached hydrogens (primary N) is 1. The Morgan fingerprint density at radius 2 is 1.88 bits per heavy atom. The van der Waals surface area contributed by atoms with Crippen LogP contribution >= 0.6 is 12.4 Å². The van der Waals surface area contributed by atoms with E-state index in [-0.39, 0.29) is 24.4 Å². The largest absolute Gasteiger partial charge is 0.337 e. The van der Waals surface area contributed by atoms with Crippen LogP contribution in [0.15, 0.2) is 0 Å². The van der Waals surface area contributed by atoms with E-state index in [1.54, 1.807) is 0 Å². The molecule has 0 aliphatic carbocycles. The SMILES string of the molecule is CC(N)CCC(=O)N1C(C)CCCC1C.Cl. The molecule has 1 amide bonds. The average Bonchev–Trinajstić information content (AvgIpc) is 2.14. The first-order valence-electron chi connectivity index (χ1n) is 6.09. The normalized spacial score (nSPS) is 27.1. The number of likely N-dealkylation sites (tertiary alicyclic amines) is 1. The van der Waals surface area contributed by atoms with E-state index >= 15 is 0 Å². The van der Waals surface area contributed by atoms with Crippen LogP contribution in [0.4, 0.5) is 0 Å². The Balaban J connectivity index is 0.00000225. The highest BCUT2D eigenvalue weighted by molar-refractivity contribution is 5.85. The molecule has 1 aliphatic rings. The van der Waals surface area contributed by atoms with Crippen molar-refractivity contribution in [1.82, 2.24) is 4.90 Å². The number of rotatable bonds is 3. The number of carbonyl (C=O) groups is 1. The molecule has 96 valence electrons. The van der Waals surface area contributed by atoms with Gasteiger partial charge in [0.15, 0.2) is 0 Å². The second-order valence-corrected chi connectivity index (χ2v) is 4.95. The maximum absolute atomic E-state index is 12.0.